The zero-order valence-electron chi connectivity index (χ0n) is 8.48. The van der Waals surface area contributed by atoms with Crippen molar-refractivity contribution in [2.24, 2.45) is 0 Å². The van der Waals surface area contributed by atoms with Gasteiger partial charge in [-0.15, -0.1) is 0 Å². The molecule has 6 nitrogen and oxygen atoms in total. The van der Waals surface area contributed by atoms with Gasteiger partial charge in [0.2, 0.25) is 0 Å². The number of aromatic amines is 1. The van der Waals surface area contributed by atoms with E-state index in [0.29, 0.717) is 5.69 Å². The number of nitrogens with one attached hydrogen (secondary N) is 2. The minimum Gasteiger partial charge on any atom is -0.325 e. The van der Waals surface area contributed by atoms with Gasteiger partial charge in [0, 0.05) is 18.1 Å². The first-order valence-corrected chi connectivity index (χ1v) is 5.00. The Bertz CT molecular complexity index is 591. The third-order valence-electron chi connectivity index (χ3n) is 1.89. The lowest BCUT2D eigenvalue weighted by Gasteiger charge is -2.03. The number of aromatic nitrogens is 3. The first-order chi connectivity index (χ1) is 8.15. The second kappa shape index (κ2) is 4.75. The molecule has 1 amide bonds. The molecular formula is C10H7ClN4O2. The molecule has 2 N–H and O–H groups in total. The molecule has 17 heavy (non-hydrogen) atoms. The van der Waals surface area contributed by atoms with Crippen LogP contribution in [0.25, 0.3) is 0 Å². The van der Waals surface area contributed by atoms with Crippen molar-refractivity contribution in [1.29, 1.82) is 0 Å². The van der Waals surface area contributed by atoms with Crippen LogP contribution in [0.4, 0.5) is 5.69 Å². The molecule has 2 aromatic heterocycles. The average Bonchev–Trinajstić information content (AvgIpc) is 2.29. The lowest BCUT2D eigenvalue weighted by Crippen LogP contribution is -2.16. The lowest BCUT2D eigenvalue weighted by atomic mass is 10.3. The van der Waals surface area contributed by atoms with Crippen molar-refractivity contribution in [2.45, 2.75) is 0 Å². The van der Waals surface area contributed by atoms with Gasteiger partial charge in [0.05, 0.1) is 6.20 Å². The van der Waals surface area contributed by atoms with Gasteiger partial charge in [0.15, 0.2) is 0 Å². The topological polar surface area (TPSA) is 87.7 Å². The number of anilines is 1. The summed E-state index contributed by atoms with van der Waals surface area (Å²) in [5.41, 5.74) is 0.244. The molecule has 0 aliphatic heterocycles. The molecule has 0 bridgehead atoms. The molecule has 2 heterocycles. The zero-order valence-corrected chi connectivity index (χ0v) is 9.23. The van der Waals surface area contributed by atoms with Crippen molar-refractivity contribution in [3.63, 3.8) is 0 Å². The summed E-state index contributed by atoms with van der Waals surface area (Å²) in [5.74, 6) is -0.441. The Kier molecular flexibility index (Phi) is 3.15. The van der Waals surface area contributed by atoms with E-state index in [9.17, 15) is 9.59 Å². The Hall–Kier alpha value is -2.21. The van der Waals surface area contributed by atoms with Crippen LogP contribution >= 0.6 is 11.6 Å². The summed E-state index contributed by atoms with van der Waals surface area (Å²) in [7, 11) is 0. The summed E-state index contributed by atoms with van der Waals surface area (Å²) in [6, 6.07) is 3.10. The van der Waals surface area contributed by atoms with Crippen LogP contribution in [0.3, 0.4) is 0 Å². The summed E-state index contributed by atoms with van der Waals surface area (Å²) >= 11 is 5.67. The zero-order chi connectivity index (χ0) is 12.3. The number of carbonyl (C=O) groups excluding carboxylic acids is 1. The maximum Gasteiger partial charge on any atom is 0.275 e. The fourth-order valence-corrected chi connectivity index (χ4v) is 1.32. The number of halogens is 1. The SMILES string of the molecule is O=C(Nc1ccnc(Cl)c1)c1c[nH]c(=O)cn1. The van der Waals surface area contributed by atoms with Gasteiger partial charge < -0.3 is 10.3 Å². The minimum absolute atomic E-state index is 0.109. The highest BCUT2D eigenvalue weighted by atomic mass is 35.5. The van der Waals surface area contributed by atoms with Crippen LogP contribution < -0.4 is 10.9 Å². The highest BCUT2D eigenvalue weighted by Gasteiger charge is 2.07. The third-order valence-corrected chi connectivity index (χ3v) is 2.10. The maximum absolute atomic E-state index is 11.7. The molecule has 0 aliphatic carbocycles. The molecule has 0 radical (unpaired) electrons. The summed E-state index contributed by atoms with van der Waals surface area (Å²) in [5, 5.41) is 2.85. The number of carbonyl (C=O) groups is 1. The van der Waals surface area contributed by atoms with Gasteiger partial charge in [-0.05, 0) is 12.1 Å². The van der Waals surface area contributed by atoms with Crippen LogP contribution in [0, 0.1) is 0 Å². The van der Waals surface area contributed by atoms with Crippen molar-refractivity contribution < 1.29 is 4.79 Å². The molecular weight excluding hydrogens is 244 g/mol. The van der Waals surface area contributed by atoms with Crippen molar-refractivity contribution in [1.82, 2.24) is 15.0 Å². The van der Waals surface area contributed by atoms with Crippen LogP contribution in [0.5, 0.6) is 0 Å². The average molecular weight is 251 g/mol. The molecule has 0 aliphatic rings. The van der Waals surface area contributed by atoms with E-state index < -0.39 is 5.91 Å². The Morgan fingerprint density at radius 3 is 2.88 bits per heavy atom. The number of rotatable bonds is 2. The quantitative estimate of drug-likeness (QED) is 0.781. The number of nitrogens with zero attached hydrogens (tertiary/aromatic N) is 2. The molecule has 7 heteroatoms. The van der Waals surface area contributed by atoms with E-state index in [-0.39, 0.29) is 16.4 Å². The van der Waals surface area contributed by atoms with E-state index in [0.717, 1.165) is 6.20 Å². The van der Waals surface area contributed by atoms with Crippen LogP contribution in [0.2, 0.25) is 5.15 Å². The molecule has 2 aromatic rings. The second-order valence-electron chi connectivity index (χ2n) is 3.12. The van der Waals surface area contributed by atoms with Gasteiger partial charge in [0.25, 0.3) is 11.5 Å². The van der Waals surface area contributed by atoms with Gasteiger partial charge in [-0.1, -0.05) is 11.6 Å². The van der Waals surface area contributed by atoms with E-state index >= 15 is 0 Å². The molecule has 0 spiro atoms. The number of H-pyrrole nitrogens is 1. The predicted octanol–water partition coefficient (Wildman–Crippen LogP) is 1.07. The van der Waals surface area contributed by atoms with Crippen molar-refractivity contribution >= 4 is 23.2 Å². The highest BCUT2D eigenvalue weighted by molar-refractivity contribution is 6.29. The van der Waals surface area contributed by atoms with E-state index in [1.54, 1.807) is 6.07 Å². The van der Waals surface area contributed by atoms with Gasteiger partial charge in [-0.3, -0.25) is 9.59 Å². The van der Waals surface area contributed by atoms with Crippen LogP contribution in [0.15, 0.2) is 35.5 Å². The van der Waals surface area contributed by atoms with Crippen LogP contribution in [-0.4, -0.2) is 20.9 Å². The molecule has 0 fully saturated rings. The fourth-order valence-electron chi connectivity index (χ4n) is 1.14. The fraction of sp³-hybridized carbons (Fsp3) is 0. The summed E-state index contributed by atoms with van der Waals surface area (Å²) in [4.78, 5) is 32.3. The number of pyridine rings is 1. The monoisotopic (exact) mass is 250 g/mol. The van der Waals surface area contributed by atoms with Gasteiger partial charge in [0.1, 0.15) is 10.8 Å². The summed E-state index contributed by atoms with van der Waals surface area (Å²) < 4.78 is 0. The normalized spacial score (nSPS) is 9.94. The Morgan fingerprint density at radius 2 is 2.24 bits per heavy atom. The minimum atomic E-state index is -0.441. The van der Waals surface area contributed by atoms with Crippen molar-refractivity contribution in [3.8, 4) is 0 Å². The summed E-state index contributed by atoms with van der Waals surface area (Å²) in [6.45, 7) is 0. The predicted molar refractivity (Wildman–Crippen MR) is 62.1 cm³/mol. The van der Waals surface area contributed by atoms with E-state index in [4.69, 9.17) is 11.6 Å². The molecule has 2 rings (SSSR count). The maximum atomic E-state index is 11.7. The molecule has 0 unspecified atom stereocenters. The molecule has 0 atom stereocenters. The third kappa shape index (κ3) is 2.88. The Morgan fingerprint density at radius 1 is 1.41 bits per heavy atom. The Labute approximate surface area is 101 Å². The van der Waals surface area contributed by atoms with E-state index in [1.165, 1.54) is 18.5 Å². The number of hydrogen-bond donors (Lipinski definition) is 2. The van der Waals surface area contributed by atoms with Crippen LogP contribution in [-0.2, 0) is 0 Å². The van der Waals surface area contributed by atoms with E-state index in [2.05, 4.69) is 20.3 Å². The second-order valence-corrected chi connectivity index (χ2v) is 3.50. The van der Waals surface area contributed by atoms with Gasteiger partial charge >= 0.3 is 0 Å². The largest absolute Gasteiger partial charge is 0.325 e. The number of amides is 1. The summed E-state index contributed by atoms with van der Waals surface area (Å²) in [6.07, 6.45) is 3.74. The molecule has 0 saturated carbocycles. The highest BCUT2D eigenvalue weighted by Crippen LogP contribution is 2.12. The first kappa shape index (κ1) is 11.3. The van der Waals surface area contributed by atoms with Crippen molar-refractivity contribution in [3.05, 3.63) is 51.9 Å². The number of hydrogen-bond acceptors (Lipinski definition) is 4. The van der Waals surface area contributed by atoms with Crippen LogP contribution in [0.1, 0.15) is 10.5 Å². The van der Waals surface area contributed by atoms with E-state index in [1.807, 2.05) is 0 Å². The Balaban J connectivity index is 2.17. The standard InChI is InChI=1S/C10H7ClN4O2/c11-8-3-6(1-2-12-8)15-10(17)7-4-14-9(16)5-13-7/h1-5H,(H,14,16)(H,12,15,17). The molecule has 0 saturated heterocycles. The van der Waals surface area contributed by atoms with Gasteiger partial charge in [-0.25, -0.2) is 9.97 Å². The molecule has 0 aromatic carbocycles. The molecule has 86 valence electrons. The lowest BCUT2D eigenvalue weighted by molar-refractivity contribution is 0.102. The first-order valence-electron chi connectivity index (χ1n) is 4.63. The van der Waals surface area contributed by atoms with Crippen molar-refractivity contribution in [2.75, 3.05) is 5.32 Å². The smallest absolute Gasteiger partial charge is 0.275 e. The van der Waals surface area contributed by atoms with Gasteiger partial charge in [-0.2, -0.15) is 0 Å².